The molecule has 1 amide bonds. The van der Waals surface area contributed by atoms with Gasteiger partial charge in [0.15, 0.2) is 21.8 Å². The average molecular weight is 390 g/mol. The van der Waals surface area contributed by atoms with Crippen molar-refractivity contribution in [2.75, 3.05) is 21.3 Å². The van der Waals surface area contributed by atoms with Gasteiger partial charge in [-0.1, -0.05) is 23.7 Å². The maximum absolute atomic E-state index is 12.6. The maximum atomic E-state index is 12.6. The molecular weight excluding hydrogens is 374 g/mol. The van der Waals surface area contributed by atoms with Crippen molar-refractivity contribution in [3.8, 4) is 11.5 Å². The van der Waals surface area contributed by atoms with E-state index in [2.05, 4.69) is 9.98 Å². The molecule has 1 fully saturated rings. The molecule has 1 aliphatic heterocycles. The van der Waals surface area contributed by atoms with Crippen molar-refractivity contribution in [3.63, 3.8) is 0 Å². The highest BCUT2D eigenvalue weighted by Crippen LogP contribution is 2.37. The Morgan fingerprint density at radius 1 is 1.23 bits per heavy atom. The van der Waals surface area contributed by atoms with E-state index in [1.165, 1.54) is 16.7 Å². The SMILES string of the molecule is COc1cccc(/C=C2\SC(=Nc3cccnc3Cl)N(C)C2=O)c1OC. The van der Waals surface area contributed by atoms with Crippen LogP contribution in [0.2, 0.25) is 5.15 Å². The molecule has 0 saturated carbocycles. The Labute approximate surface area is 160 Å². The summed E-state index contributed by atoms with van der Waals surface area (Å²) in [7, 11) is 4.80. The van der Waals surface area contributed by atoms with Gasteiger partial charge in [-0.05, 0) is 36.0 Å². The molecule has 0 bridgehead atoms. The number of likely N-dealkylation sites (N-methyl/N-ethyl adjacent to an activating group) is 1. The molecule has 0 spiro atoms. The largest absolute Gasteiger partial charge is 0.493 e. The summed E-state index contributed by atoms with van der Waals surface area (Å²) >= 11 is 7.31. The van der Waals surface area contributed by atoms with E-state index in [0.29, 0.717) is 27.3 Å². The molecular formula is C18H16ClN3O3S. The van der Waals surface area contributed by atoms with E-state index < -0.39 is 0 Å². The van der Waals surface area contributed by atoms with E-state index in [4.69, 9.17) is 21.1 Å². The molecule has 1 aromatic heterocycles. The van der Waals surface area contributed by atoms with Crippen molar-refractivity contribution in [2.24, 2.45) is 4.99 Å². The van der Waals surface area contributed by atoms with Crippen LogP contribution in [0.25, 0.3) is 6.08 Å². The van der Waals surface area contributed by atoms with Crippen LogP contribution in [0, 0.1) is 0 Å². The molecule has 0 radical (unpaired) electrons. The molecule has 2 aromatic rings. The number of para-hydroxylation sites is 1. The molecule has 0 unspecified atom stereocenters. The van der Waals surface area contributed by atoms with Crippen LogP contribution in [-0.4, -0.2) is 42.2 Å². The van der Waals surface area contributed by atoms with E-state index in [1.54, 1.807) is 51.7 Å². The third-order valence-corrected chi connectivity index (χ3v) is 5.03. The van der Waals surface area contributed by atoms with Crippen molar-refractivity contribution in [1.29, 1.82) is 0 Å². The Kier molecular flexibility index (Phi) is 5.49. The number of pyridine rings is 1. The Morgan fingerprint density at radius 3 is 2.73 bits per heavy atom. The van der Waals surface area contributed by atoms with Gasteiger partial charge in [0.25, 0.3) is 5.91 Å². The zero-order chi connectivity index (χ0) is 18.7. The number of rotatable bonds is 4. The lowest BCUT2D eigenvalue weighted by atomic mass is 10.1. The van der Waals surface area contributed by atoms with Crippen molar-refractivity contribution < 1.29 is 14.3 Å². The van der Waals surface area contributed by atoms with Gasteiger partial charge in [0.05, 0.1) is 19.1 Å². The van der Waals surface area contributed by atoms with Crippen LogP contribution in [0.3, 0.4) is 0 Å². The number of carbonyl (C=O) groups is 1. The maximum Gasteiger partial charge on any atom is 0.266 e. The van der Waals surface area contributed by atoms with Gasteiger partial charge >= 0.3 is 0 Å². The van der Waals surface area contributed by atoms with Crippen molar-refractivity contribution in [1.82, 2.24) is 9.88 Å². The highest BCUT2D eigenvalue weighted by atomic mass is 35.5. The lowest BCUT2D eigenvalue weighted by Crippen LogP contribution is -2.23. The van der Waals surface area contributed by atoms with Gasteiger partial charge in [0.2, 0.25) is 0 Å². The van der Waals surface area contributed by atoms with E-state index >= 15 is 0 Å². The number of amides is 1. The van der Waals surface area contributed by atoms with Gasteiger partial charge in [-0.25, -0.2) is 9.98 Å². The lowest BCUT2D eigenvalue weighted by molar-refractivity contribution is -0.121. The van der Waals surface area contributed by atoms with Gasteiger partial charge in [0, 0.05) is 18.8 Å². The van der Waals surface area contributed by atoms with E-state index in [9.17, 15) is 4.79 Å². The molecule has 1 saturated heterocycles. The fraction of sp³-hybridized carbons (Fsp3) is 0.167. The van der Waals surface area contributed by atoms with Gasteiger partial charge in [0.1, 0.15) is 5.69 Å². The summed E-state index contributed by atoms with van der Waals surface area (Å²) in [6.07, 6.45) is 3.35. The van der Waals surface area contributed by atoms with Gasteiger partial charge in [-0.2, -0.15) is 0 Å². The monoisotopic (exact) mass is 389 g/mol. The number of halogens is 1. The molecule has 26 heavy (non-hydrogen) atoms. The second-order valence-electron chi connectivity index (χ2n) is 5.27. The fourth-order valence-corrected chi connectivity index (χ4v) is 3.51. The smallest absolute Gasteiger partial charge is 0.266 e. The molecule has 8 heteroatoms. The van der Waals surface area contributed by atoms with Crippen LogP contribution in [0.4, 0.5) is 5.69 Å². The molecule has 134 valence electrons. The third kappa shape index (κ3) is 3.54. The molecule has 6 nitrogen and oxygen atoms in total. The Hall–Kier alpha value is -2.51. The summed E-state index contributed by atoms with van der Waals surface area (Å²) < 4.78 is 10.7. The van der Waals surface area contributed by atoms with E-state index in [1.807, 2.05) is 12.1 Å². The summed E-state index contributed by atoms with van der Waals surface area (Å²) in [5, 5.41) is 0.811. The number of methoxy groups -OCH3 is 2. The molecule has 0 aliphatic carbocycles. The van der Waals surface area contributed by atoms with Crippen LogP contribution in [-0.2, 0) is 4.79 Å². The Bertz CT molecular complexity index is 914. The summed E-state index contributed by atoms with van der Waals surface area (Å²) in [4.78, 5) is 23.0. The van der Waals surface area contributed by atoms with Crippen LogP contribution in [0.1, 0.15) is 5.56 Å². The topological polar surface area (TPSA) is 64.0 Å². The number of amidine groups is 1. The molecule has 3 rings (SSSR count). The minimum atomic E-state index is -0.154. The highest BCUT2D eigenvalue weighted by molar-refractivity contribution is 8.18. The van der Waals surface area contributed by atoms with Crippen LogP contribution in [0.5, 0.6) is 11.5 Å². The number of ether oxygens (including phenoxy) is 2. The molecule has 0 atom stereocenters. The number of aliphatic imine (C=N–C) groups is 1. The standard InChI is InChI=1S/C18H16ClN3O3S/c1-22-17(23)14(10-11-6-4-8-13(24-2)15(11)25-3)26-18(22)21-12-7-5-9-20-16(12)19/h4-10H,1-3H3/b14-10-,21-18?. The molecule has 1 aromatic carbocycles. The number of hydrogen-bond donors (Lipinski definition) is 0. The van der Waals surface area contributed by atoms with Crippen molar-refractivity contribution >= 4 is 46.2 Å². The van der Waals surface area contributed by atoms with Crippen LogP contribution < -0.4 is 9.47 Å². The number of hydrogen-bond acceptors (Lipinski definition) is 6. The number of nitrogens with zero attached hydrogens (tertiary/aromatic N) is 3. The zero-order valence-electron chi connectivity index (χ0n) is 14.4. The first-order valence-corrected chi connectivity index (χ1v) is 8.82. The number of thioether (sulfide) groups is 1. The van der Waals surface area contributed by atoms with E-state index in [0.717, 1.165) is 5.56 Å². The predicted molar refractivity (Wildman–Crippen MR) is 104 cm³/mol. The number of aromatic nitrogens is 1. The first-order chi connectivity index (χ1) is 12.5. The minimum absolute atomic E-state index is 0.154. The predicted octanol–water partition coefficient (Wildman–Crippen LogP) is 3.99. The highest BCUT2D eigenvalue weighted by Gasteiger charge is 2.31. The third-order valence-electron chi connectivity index (χ3n) is 3.68. The Morgan fingerprint density at radius 2 is 2.04 bits per heavy atom. The minimum Gasteiger partial charge on any atom is -0.493 e. The van der Waals surface area contributed by atoms with Gasteiger partial charge in [-0.15, -0.1) is 0 Å². The average Bonchev–Trinajstić information content (AvgIpc) is 2.91. The number of carbonyl (C=O) groups excluding carboxylic acids is 1. The summed E-state index contributed by atoms with van der Waals surface area (Å²) in [6.45, 7) is 0. The summed E-state index contributed by atoms with van der Waals surface area (Å²) in [5.74, 6) is 1.01. The van der Waals surface area contributed by atoms with Gasteiger partial charge < -0.3 is 9.47 Å². The lowest BCUT2D eigenvalue weighted by Gasteiger charge is -2.10. The summed E-state index contributed by atoms with van der Waals surface area (Å²) in [5.41, 5.74) is 1.26. The second kappa shape index (κ2) is 7.80. The molecule has 0 N–H and O–H groups in total. The van der Waals surface area contributed by atoms with Crippen LogP contribution >= 0.6 is 23.4 Å². The second-order valence-corrected chi connectivity index (χ2v) is 6.63. The zero-order valence-corrected chi connectivity index (χ0v) is 16.0. The normalized spacial score (nSPS) is 17.2. The Balaban J connectivity index is 1.97. The summed E-state index contributed by atoms with van der Waals surface area (Å²) in [6, 6.07) is 8.98. The molecule has 1 aliphatic rings. The van der Waals surface area contributed by atoms with Crippen LogP contribution in [0.15, 0.2) is 46.4 Å². The van der Waals surface area contributed by atoms with Crippen molar-refractivity contribution in [2.45, 2.75) is 0 Å². The first-order valence-electron chi connectivity index (χ1n) is 7.63. The number of benzene rings is 1. The van der Waals surface area contributed by atoms with Gasteiger partial charge in [-0.3, -0.25) is 9.69 Å². The van der Waals surface area contributed by atoms with E-state index in [-0.39, 0.29) is 11.1 Å². The quantitative estimate of drug-likeness (QED) is 0.584. The van der Waals surface area contributed by atoms with Crippen molar-refractivity contribution in [3.05, 3.63) is 52.2 Å². The fourth-order valence-electron chi connectivity index (χ4n) is 2.38. The first kappa shape index (κ1) is 18.3. The molecule has 2 heterocycles.